The maximum atomic E-state index is 4.36. The van der Waals surface area contributed by atoms with Gasteiger partial charge in [0.1, 0.15) is 0 Å². The zero-order valence-electron chi connectivity index (χ0n) is 7.74. The molecule has 0 aliphatic heterocycles. The van der Waals surface area contributed by atoms with Gasteiger partial charge >= 0.3 is 0 Å². The van der Waals surface area contributed by atoms with E-state index in [1.807, 2.05) is 24.5 Å². The zero-order chi connectivity index (χ0) is 9.97. The molecule has 0 unspecified atom stereocenters. The lowest BCUT2D eigenvalue weighted by Crippen LogP contribution is -1.88. The van der Waals surface area contributed by atoms with Crippen molar-refractivity contribution >= 4 is 22.6 Å². The van der Waals surface area contributed by atoms with E-state index in [9.17, 15) is 0 Å². The van der Waals surface area contributed by atoms with Gasteiger partial charge in [0.25, 0.3) is 0 Å². The molecule has 2 aromatic heterocycles. The normalized spacial score (nSPS) is 10.1. The number of halogens is 1. The van der Waals surface area contributed by atoms with Crippen molar-refractivity contribution in [3.8, 4) is 11.3 Å². The average Bonchev–Trinajstić information content (AvgIpc) is 2.23. The molecule has 2 aromatic rings. The molecule has 0 saturated heterocycles. The lowest BCUT2D eigenvalue weighted by atomic mass is 10.1. The lowest BCUT2D eigenvalue weighted by Gasteiger charge is -2.02. The number of rotatable bonds is 1. The molecule has 0 radical (unpaired) electrons. The van der Waals surface area contributed by atoms with Gasteiger partial charge in [-0.05, 0) is 53.3 Å². The molecule has 14 heavy (non-hydrogen) atoms. The van der Waals surface area contributed by atoms with Crippen LogP contribution in [-0.4, -0.2) is 9.97 Å². The van der Waals surface area contributed by atoms with Crippen LogP contribution >= 0.6 is 22.6 Å². The van der Waals surface area contributed by atoms with E-state index in [4.69, 9.17) is 0 Å². The van der Waals surface area contributed by atoms with Crippen LogP contribution in [0.3, 0.4) is 0 Å². The molecule has 0 aliphatic rings. The summed E-state index contributed by atoms with van der Waals surface area (Å²) in [5, 5.41) is 0. The summed E-state index contributed by atoms with van der Waals surface area (Å²) in [7, 11) is 0. The van der Waals surface area contributed by atoms with Crippen LogP contribution in [-0.2, 0) is 0 Å². The molecular formula is C11H9IN2. The minimum absolute atomic E-state index is 0.982. The van der Waals surface area contributed by atoms with Gasteiger partial charge in [-0.3, -0.25) is 9.97 Å². The third-order valence-corrected chi connectivity index (χ3v) is 3.13. The van der Waals surface area contributed by atoms with Crippen molar-refractivity contribution in [2.45, 2.75) is 6.92 Å². The molecule has 0 amide bonds. The maximum absolute atomic E-state index is 4.36. The second-order valence-corrected chi connectivity index (χ2v) is 4.22. The molecule has 70 valence electrons. The smallest absolute Gasteiger partial charge is 0.0720 e. The average molecular weight is 296 g/mol. The predicted molar refractivity (Wildman–Crippen MR) is 64.9 cm³/mol. The summed E-state index contributed by atoms with van der Waals surface area (Å²) >= 11 is 2.28. The summed E-state index contributed by atoms with van der Waals surface area (Å²) in [5.74, 6) is 0. The van der Waals surface area contributed by atoms with E-state index < -0.39 is 0 Å². The first kappa shape index (κ1) is 9.58. The third-order valence-electron chi connectivity index (χ3n) is 2.00. The van der Waals surface area contributed by atoms with E-state index in [0.29, 0.717) is 0 Å². The predicted octanol–water partition coefficient (Wildman–Crippen LogP) is 3.06. The summed E-state index contributed by atoms with van der Waals surface area (Å²) in [4.78, 5) is 8.43. The molecule has 3 heteroatoms. The van der Waals surface area contributed by atoms with Crippen molar-refractivity contribution in [2.24, 2.45) is 0 Å². The number of hydrogen-bond donors (Lipinski definition) is 0. The van der Waals surface area contributed by atoms with E-state index in [0.717, 1.165) is 11.3 Å². The highest BCUT2D eigenvalue weighted by Gasteiger charge is 2.00. The van der Waals surface area contributed by atoms with Gasteiger partial charge in [-0.25, -0.2) is 0 Å². The number of aromatic nitrogens is 2. The van der Waals surface area contributed by atoms with E-state index in [2.05, 4.69) is 45.5 Å². The van der Waals surface area contributed by atoms with Crippen molar-refractivity contribution in [1.29, 1.82) is 0 Å². The van der Waals surface area contributed by atoms with Crippen molar-refractivity contribution in [3.05, 3.63) is 45.9 Å². The number of pyridine rings is 2. The largest absolute Gasteiger partial charge is 0.264 e. The third kappa shape index (κ3) is 1.92. The molecule has 2 heterocycles. The minimum Gasteiger partial charge on any atom is -0.264 e. The zero-order valence-corrected chi connectivity index (χ0v) is 9.89. The second-order valence-electron chi connectivity index (χ2n) is 3.06. The molecule has 0 bridgehead atoms. The Bertz CT molecular complexity index is 440. The van der Waals surface area contributed by atoms with E-state index in [1.165, 1.54) is 9.13 Å². The van der Waals surface area contributed by atoms with E-state index in [-0.39, 0.29) is 0 Å². The molecule has 0 aromatic carbocycles. The fourth-order valence-electron chi connectivity index (χ4n) is 1.21. The molecule has 0 aliphatic carbocycles. The Morgan fingerprint density at radius 3 is 2.79 bits per heavy atom. The molecule has 0 spiro atoms. The van der Waals surface area contributed by atoms with Gasteiger partial charge in [0.15, 0.2) is 0 Å². The highest BCUT2D eigenvalue weighted by molar-refractivity contribution is 14.1. The number of aryl methyl sites for hydroxylation is 1. The van der Waals surface area contributed by atoms with Crippen molar-refractivity contribution < 1.29 is 0 Å². The molecular weight excluding hydrogens is 287 g/mol. The van der Waals surface area contributed by atoms with Crippen LogP contribution in [0.2, 0.25) is 0 Å². The Kier molecular flexibility index (Phi) is 2.77. The van der Waals surface area contributed by atoms with Crippen LogP contribution in [0.1, 0.15) is 5.56 Å². The van der Waals surface area contributed by atoms with Crippen molar-refractivity contribution in [2.75, 3.05) is 0 Å². The van der Waals surface area contributed by atoms with Crippen molar-refractivity contribution in [1.82, 2.24) is 9.97 Å². The molecule has 0 N–H and O–H groups in total. The fraction of sp³-hybridized carbons (Fsp3) is 0.0909. The van der Waals surface area contributed by atoms with Gasteiger partial charge in [-0.1, -0.05) is 0 Å². The molecule has 0 saturated carbocycles. The summed E-state index contributed by atoms with van der Waals surface area (Å²) in [5.41, 5.74) is 3.29. The van der Waals surface area contributed by atoms with Gasteiger partial charge in [0.2, 0.25) is 0 Å². The first-order valence-corrected chi connectivity index (χ1v) is 5.38. The monoisotopic (exact) mass is 296 g/mol. The topological polar surface area (TPSA) is 25.8 Å². The van der Waals surface area contributed by atoms with Crippen LogP contribution in [0.25, 0.3) is 11.3 Å². The van der Waals surface area contributed by atoms with Crippen LogP contribution in [0.4, 0.5) is 0 Å². The Balaban J connectivity index is 2.48. The first-order valence-electron chi connectivity index (χ1n) is 4.30. The summed E-state index contributed by atoms with van der Waals surface area (Å²) in [6, 6.07) is 6.02. The molecule has 0 atom stereocenters. The number of nitrogens with zero attached hydrogens (tertiary/aromatic N) is 2. The van der Waals surface area contributed by atoms with Crippen LogP contribution in [0, 0.1) is 10.5 Å². The van der Waals surface area contributed by atoms with Crippen LogP contribution in [0.5, 0.6) is 0 Å². The lowest BCUT2D eigenvalue weighted by molar-refractivity contribution is 1.24. The second kappa shape index (κ2) is 4.04. The van der Waals surface area contributed by atoms with E-state index in [1.54, 1.807) is 6.20 Å². The molecule has 0 fully saturated rings. The van der Waals surface area contributed by atoms with Crippen molar-refractivity contribution in [3.63, 3.8) is 0 Å². The highest BCUT2D eigenvalue weighted by Crippen LogP contribution is 2.19. The maximum Gasteiger partial charge on any atom is 0.0720 e. The van der Waals surface area contributed by atoms with Gasteiger partial charge in [-0.2, -0.15) is 0 Å². The van der Waals surface area contributed by atoms with Gasteiger partial charge in [-0.15, -0.1) is 0 Å². The standard InChI is InChI=1S/C11H9IN2/c1-8-5-11(14-7-10(8)12)9-3-2-4-13-6-9/h2-7H,1H3. The highest BCUT2D eigenvalue weighted by atomic mass is 127. The summed E-state index contributed by atoms with van der Waals surface area (Å²) in [6.45, 7) is 2.09. The van der Waals surface area contributed by atoms with Crippen LogP contribution < -0.4 is 0 Å². The summed E-state index contributed by atoms with van der Waals surface area (Å²) < 4.78 is 1.19. The Morgan fingerprint density at radius 1 is 1.29 bits per heavy atom. The quantitative estimate of drug-likeness (QED) is 0.756. The molecule has 2 rings (SSSR count). The fourth-order valence-corrected chi connectivity index (χ4v) is 1.51. The molecule has 2 nitrogen and oxygen atoms in total. The van der Waals surface area contributed by atoms with E-state index >= 15 is 0 Å². The van der Waals surface area contributed by atoms with Gasteiger partial charge in [0.05, 0.1) is 5.69 Å². The Morgan fingerprint density at radius 2 is 2.14 bits per heavy atom. The van der Waals surface area contributed by atoms with Crippen LogP contribution in [0.15, 0.2) is 36.8 Å². The SMILES string of the molecule is Cc1cc(-c2cccnc2)ncc1I. The first-order chi connectivity index (χ1) is 6.77. The van der Waals surface area contributed by atoms with Gasteiger partial charge in [0, 0.05) is 27.7 Å². The Hall–Kier alpha value is -0.970. The summed E-state index contributed by atoms with van der Waals surface area (Å²) in [6.07, 6.45) is 5.48. The Labute approximate surface area is 96.6 Å². The minimum atomic E-state index is 0.982. The number of hydrogen-bond acceptors (Lipinski definition) is 2. The van der Waals surface area contributed by atoms with Gasteiger partial charge < -0.3 is 0 Å².